The molecule has 21 heavy (non-hydrogen) atoms. The summed E-state index contributed by atoms with van der Waals surface area (Å²) in [4.78, 5) is 22.2. The molecule has 1 saturated carbocycles. The Morgan fingerprint density at radius 3 is 2.81 bits per heavy atom. The number of nitrogens with zero attached hydrogens (tertiary/aromatic N) is 3. The SMILES string of the molecule is C[C@]1(F)CCCN(C(=O)Nc2cnc(CC3CC3)nc2)C1. The fourth-order valence-electron chi connectivity index (χ4n) is 2.68. The van der Waals surface area contributed by atoms with Crippen molar-refractivity contribution in [2.45, 2.75) is 44.7 Å². The zero-order chi connectivity index (χ0) is 14.9. The van der Waals surface area contributed by atoms with E-state index in [2.05, 4.69) is 15.3 Å². The Morgan fingerprint density at radius 2 is 2.19 bits per heavy atom. The van der Waals surface area contributed by atoms with Crippen molar-refractivity contribution in [2.24, 2.45) is 5.92 Å². The Morgan fingerprint density at radius 1 is 1.48 bits per heavy atom. The van der Waals surface area contributed by atoms with E-state index < -0.39 is 5.67 Å². The van der Waals surface area contributed by atoms with Gasteiger partial charge in [0.2, 0.25) is 0 Å². The summed E-state index contributed by atoms with van der Waals surface area (Å²) >= 11 is 0. The highest BCUT2D eigenvalue weighted by molar-refractivity contribution is 5.89. The Hall–Kier alpha value is -1.72. The summed E-state index contributed by atoms with van der Waals surface area (Å²) in [7, 11) is 0. The third-order valence-corrected chi connectivity index (χ3v) is 4.06. The molecule has 1 aromatic heterocycles. The molecule has 2 aliphatic rings. The molecule has 1 aliphatic heterocycles. The first-order chi connectivity index (χ1) is 10.0. The second-order valence-corrected chi connectivity index (χ2v) is 6.40. The smallest absolute Gasteiger partial charge is 0.321 e. The van der Waals surface area contributed by atoms with Gasteiger partial charge in [0, 0.05) is 13.0 Å². The molecule has 0 bridgehead atoms. The topological polar surface area (TPSA) is 58.1 Å². The number of carbonyl (C=O) groups excluding carboxylic acids is 1. The number of hydrogen-bond acceptors (Lipinski definition) is 3. The molecule has 1 aliphatic carbocycles. The van der Waals surface area contributed by atoms with Crippen molar-refractivity contribution in [3.05, 3.63) is 18.2 Å². The van der Waals surface area contributed by atoms with Gasteiger partial charge in [-0.2, -0.15) is 0 Å². The van der Waals surface area contributed by atoms with Crippen LogP contribution < -0.4 is 5.32 Å². The average molecular weight is 292 g/mol. The summed E-state index contributed by atoms with van der Waals surface area (Å²) in [5.41, 5.74) is -0.731. The first-order valence-corrected chi connectivity index (χ1v) is 7.58. The predicted molar refractivity (Wildman–Crippen MR) is 77.8 cm³/mol. The molecule has 1 aromatic rings. The van der Waals surface area contributed by atoms with Crippen molar-refractivity contribution in [1.29, 1.82) is 0 Å². The van der Waals surface area contributed by atoms with Crippen molar-refractivity contribution < 1.29 is 9.18 Å². The third kappa shape index (κ3) is 3.89. The van der Waals surface area contributed by atoms with Crippen molar-refractivity contribution >= 4 is 11.7 Å². The first-order valence-electron chi connectivity index (χ1n) is 7.58. The Bertz CT molecular complexity index is 513. The second-order valence-electron chi connectivity index (χ2n) is 6.40. The standard InChI is InChI=1S/C15H21FN4O/c1-15(16)5-2-6-20(10-15)14(21)19-12-8-17-13(18-9-12)7-11-3-4-11/h8-9,11H,2-7,10H2,1H3,(H,19,21)/t15-/m0/s1. The lowest BCUT2D eigenvalue weighted by atomic mass is 9.97. The van der Waals surface area contributed by atoms with E-state index in [0.717, 1.165) is 18.2 Å². The van der Waals surface area contributed by atoms with Gasteiger partial charge in [0.15, 0.2) is 0 Å². The summed E-state index contributed by atoms with van der Waals surface area (Å²) in [6.07, 6.45) is 7.90. The van der Waals surface area contributed by atoms with E-state index in [1.54, 1.807) is 19.3 Å². The minimum atomic E-state index is -1.29. The number of nitrogens with one attached hydrogen (secondary N) is 1. The molecule has 0 spiro atoms. The van der Waals surface area contributed by atoms with Crippen molar-refractivity contribution in [2.75, 3.05) is 18.4 Å². The number of carbonyl (C=O) groups is 1. The fourth-order valence-corrected chi connectivity index (χ4v) is 2.68. The lowest BCUT2D eigenvalue weighted by molar-refractivity contribution is 0.0808. The summed E-state index contributed by atoms with van der Waals surface area (Å²) in [6.45, 7) is 2.27. The molecular weight excluding hydrogens is 271 g/mol. The zero-order valence-electron chi connectivity index (χ0n) is 12.3. The van der Waals surface area contributed by atoms with Crippen LogP contribution in [0.4, 0.5) is 14.9 Å². The molecule has 2 fully saturated rings. The molecule has 0 aromatic carbocycles. The van der Waals surface area contributed by atoms with Gasteiger partial charge in [-0.25, -0.2) is 19.2 Å². The van der Waals surface area contributed by atoms with Crippen LogP contribution in [0.25, 0.3) is 0 Å². The average Bonchev–Trinajstić information content (AvgIpc) is 3.24. The maximum absolute atomic E-state index is 14.0. The van der Waals surface area contributed by atoms with Gasteiger partial charge in [-0.15, -0.1) is 0 Å². The Labute approximate surface area is 124 Å². The molecular formula is C15H21FN4O. The second kappa shape index (κ2) is 5.58. The molecule has 1 N–H and O–H groups in total. The number of alkyl halides is 1. The van der Waals surface area contributed by atoms with E-state index in [1.165, 1.54) is 17.7 Å². The molecule has 1 saturated heterocycles. The van der Waals surface area contributed by atoms with Gasteiger partial charge in [-0.05, 0) is 38.5 Å². The van der Waals surface area contributed by atoms with Crippen LogP contribution >= 0.6 is 0 Å². The normalized spacial score (nSPS) is 25.7. The molecule has 6 heteroatoms. The van der Waals surface area contributed by atoms with Gasteiger partial charge < -0.3 is 10.2 Å². The van der Waals surface area contributed by atoms with E-state index in [9.17, 15) is 9.18 Å². The van der Waals surface area contributed by atoms with Gasteiger partial charge in [0.1, 0.15) is 11.5 Å². The quantitative estimate of drug-likeness (QED) is 0.932. The number of anilines is 1. The van der Waals surface area contributed by atoms with Gasteiger partial charge in [-0.1, -0.05) is 0 Å². The van der Waals surface area contributed by atoms with E-state index >= 15 is 0 Å². The van der Waals surface area contributed by atoms with Crippen molar-refractivity contribution in [1.82, 2.24) is 14.9 Å². The number of aromatic nitrogens is 2. The van der Waals surface area contributed by atoms with Crippen LogP contribution in [0.1, 0.15) is 38.4 Å². The number of urea groups is 1. The van der Waals surface area contributed by atoms with Crippen LogP contribution in [0.15, 0.2) is 12.4 Å². The predicted octanol–water partition coefficient (Wildman–Crippen LogP) is 2.79. The molecule has 0 radical (unpaired) electrons. The Balaban J connectivity index is 1.56. The van der Waals surface area contributed by atoms with E-state index in [-0.39, 0.29) is 12.6 Å². The lowest BCUT2D eigenvalue weighted by Crippen LogP contribution is -2.48. The minimum absolute atomic E-state index is 0.138. The number of halogens is 1. The number of amides is 2. The highest BCUT2D eigenvalue weighted by Gasteiger charge is 2.32. The molecule has 1 atom stereocenters. The third-order valence-electron chi connectivity index (χ3n) is 4.06. The van der Waals surface area contributed by atoms with Crippen molar-refractivity contribution in [3.8, 4) is 0 Å². The molecule has 5 nitrogen and oxygen atoms in total. The van der Waals surface area contributed by atoms with Crippen LogP contribution in [-0.4, -0.2) is 39.7 Å². The van der Waals surface area contributed by atoms with Gasteiger partial charge in [0.05, 0.1) is 24.6 Å². The monoisotopic (exact) mass is 292 g/mol. The zero-order valence-corrected chi connectivity index (χ0v) is 12.3. The summed E-state index contributed by atoms with van der Waals surface area (Å²) in [5, 5.41) is 2.74. The Kier molecular flexibility index (Phi) is 3.78. The molecule has 0 unspecified atom stereocenters. The molecule has 2 amide bonds. The fraction of sp³-hybridized carbons (Fsp3) is 0.667. The maximum atomic E-state index is 14.0. The van der Waals surface area contributed by atoms with Crippen LogP contribution in [0, 0.1) is 5.92 Å². The van der Waals surface area contributed by atoms with Crippen LogP contribution in [-0.2, 0) is 6.42 Å². The maximum Gasteiger partial charge on any atom is 0.322 e. The molecule has 3 rings (SSSR count). The summed E-state index contributed by atoms with van der Waals surface area (Å²) in [5.74, 6) is 1.56. The van der Waals surface area contributed by atoms with Gasteiger partial charge in [-0.3, -0.25) is 0 Å². The molecule has 2 heterocycles. The number of likely N-dealkylation sites (tertiary alicyclic amines) is 1. The minimum Gasteiger partial charge on any atom is -0.321 e. The van der Waals surface area contributed by atoms with E-state index in [0.29, 0.717) is 25.1 Å². The number of hydrogen-bond donors (Lipinski definition) is 1. The van der Waals surface area contributed by atoms with Crippen molar-refractivity contribution in [3.63, 3.8) is 0 Å². The van der Waals surface area contributed by atoms with E-state index in [4.69, 9.17) is 0 Å². The first kappa shape index (κ1) is 14.2. The highest BCUT2D eigenvalue weighted by atomic mass is 19.1. The highest BCUT2D eigenvalue weighted by Crippen LogP contribution is 2.31. The lowest BCUT2D eigenvalue weighted by Gasteiger charge is -2.34. The van der Waals surface area contributed by atoms with Crippen LogP contribution in [0.5, 0.6) is 0 Å². The number of piperidine rings is 1. The van der Waals surface area contributed by atoms with Gasteiger partial charge in [0.25, 0.3) is 0 Å². The van der Waals surface area contributed by atoms with Gasteiger partial charge >= 0.3 is 6.03 Å². The molecule has 114 valence electrons. The largest absolute Gasteiger partial charge is 0.322 e. The summed E-state index contributed by atoms with van der Waals surface area (Å²) in [6, 6.07) is -0.280. The number of rotatable bonds is 3. The van der Waals surface area contributed by atoms with Crippen LogP contribution in [0.3, 0.4) is 0 Å². The summed E-state index contributed by atoms with van der Waals surface area (Å²) < 4.78 is 14.0. The van der Waals surface area contributed by atoms with Crippen LogP contribution in [0.2, 0.25) is 0 Å². The van der Waals surface area contributed by atoms with E-state index in [1.807, 2.05) is 0 Å².